The maximum absolute atomic E-state index is 9.49. The Morgan fingerprint density at radius 1 is 1.46 bits per heavy atom. The lowest BCUT2D eigenvalue weighted by Gasteiger charge is -2.04. The van der Waals surface area contributed by atoms with Gasteiger partial charge in [-0.2, -0.15) is 0 Å². The van der Waals surface area contributed by atoms with Gasteiger partial charge in [-0.15, -0.1) is 0 Å². The molecule has 0 saturated heterocycles. The highest BCUT2D eigenvalue weighted by molar-refractivity contribution is 6.36. The zero-order valence-electron chi connectivity index (χ0n) is 7.08. The maximum Gasteiger partial charge on any atom is 0.120 e. The second-order valence-corrected chi connectivity index (χ2v) is 3.29. The smallest absolute Gasteiger partial charge is 0.120 e. The molecule has 0 fully saturated rings. The third kappa shape index (κ3) is 1.23. The van der Waals surface area contributed by atoms with E-state index in [-0.39, 0.29) is 5.75 Å². The molecule has 1 heterocycles. The molecule has 0 radical (unpaired) electrons. The van der Waals surface area contributed by atoms with Crippen LogP contribution in [0.3, 0.4) is 0 Å². The van der Waals surface area contributed by atoms with Crippen molar-refractivity contribution >= 4 is 22.5 Å². The summed E-state index contributed by atoms with van der Waals surface area (Å²) < 4.78 is 0. The first-order chi connectivity index (χ1) is 6.20. The van der Waals surface area contributed by atoms with Crippen LogP contribution in [0, 0.1) is 6.92 Å². The second kappa shape index (κ2) is 2.89. The molecule has 0 aliphatic heterocycles. The fourth-order valence-corrected chi connectivity index (χ4v) is 1.52. The summed E-state index contributed by atoms with van der Waals surface area (Å²) in [6.07, 6.45) is 1.69. The number of aromatic hydroxyl groups is 1. The molecule has 0 aliphatic carbocycles. The predicted octanol–water partition coefficient (Wildman–Crippen LogP) is 2.90. The minimum Gasteiger partial charge on any atom is -0.508 e. The highest BCUT2D eigenvalue weighted by Gasteiger charge is 2.07. The molecule has 1 N–H and O–H groups in total. The molecule has 3 heteroatoms. The van der Waals surface area contributed by atoms with E-state index < -0.39 is 0 Å². The van der Waals surface area contributed by atoms with Crippen LogP contribution in [-0.2, 0) is 0 Å². The lowest BCUT2D eigenvalue weighted by atomic mass is 10.1. The van der Waals surface area contributed by atoms with E-state index in [2.05, 4.69) is 4.98 Å². The van der Waals surface area contributed by atoms with Gasteiger partial charge in [0.05, 0.1) is 10.5 Å². The molecule has 2 aromatic rings. The number of pyridine rings is 1. The van der Waals surface area contributed by atoms with Gasteiger partial charge >= 0.3 is 0 Å². The van der Waals surface area contributed by atoms with Crippen molar-refractivity contribution in [3.05, 3.63) is 35.0 Å². The number of rotatable bonds is 0. The normalized spacial score (nSPS) is 10.6. The van der Waals surface area contributed by atoms with Crippen molar-refractivity contribution in [3.8, 4) is 5.75 Å². The highest BCUT2D eigenvalue weighted by atomic mass is 35.5. The number of phenolic OH excluding ortho intramolecular Hbond substituents is 1. The second-order valence-electron chi connectivity index (χ2n) is 2.91. The fourth-order valence-electron chi connectivity index (χ4n) is 1.26. The number of halogens is 1. The van der Waals surface area contributed by atoms with Crippen LogP contribution in [0.5, 0.6) is 5.75 Å². The number of fused-ring (bicyclic) bond motifs is 1. The van der Waals surface area contributed by atoms with Crippen LogP contribution in [0.2, 0.25) is 5.02 Å². The van der Waals surface area contributed by atoms with Crippen molar-refractivity contribution in [2.75, 3.05) is 0 Å². The molecule has 66 valence electrons. The molecular formula is C10H8ClNO. The monoisotopic (exact) mass is 193 g/mol. The summed E-state index contributed by atoms with van der Waals surface area (Å²) in [7, 11) is 0. The van der Waals surface area contributed by atoms with Crippen molar-refractivity contribution in [1.82, 2.24) is 4.98 Å². The first-order valence-corrected chi connectivity index (χ1v) is 4.31. The Balaban J connectivity index is 2.94. The van der Waals surface area contributed by atoms with Gasteiger partial charge in [0.2, 0.25) is 0 Å². The minimum atomic E-state index is 0.213. The molecule has 2 rings (SSSR count). The summed E-state index contributed by atoms with van der Waals surface area (Å²) in [4.78, 5) is 4.14. The van der Waals surface area contributed by atoms with E-state index in [0.717, 1.165) is 10.9 Å². The van der Waals surface area contributed by atoms with Gasteiger partial charge in [0, 0.05) is 17.1 Å². The van der Waals surface area contributed by atoms with Crippen LogP contribution in [0.4, 0.5) is 0 Å². The van der Waals surface area contributed by atoms with Crippen molar-refractivity contribution in [1.29, 1.82) is 0 Å². The Hall–Kier alpha value is -1.28. The highest BCUT2D eigenvalue weighted by Crippen LogP contribution is 2.31. The van der Waals surface area contributed by atoms with Gasteiger partial charge in [-0.3, -0.25) is 4.98 Å². The van der Waals surface area contributed by atoms with Gasteiger partial charge in [-0.05, 0) is 19.1 Å². The Kier molecular flexibility index (Phi) is 1.85. The largest absolute Gasteiger partial charge is 0.508 e. The number of hydrogen-bond acceptors (Lipinski definition) is 2. The van der Waals surface area contributed by atoms with Crippen LogP contribution in [-0.4, -0.2) is 10.1 Å². The molecule has 0 aliphatic rings. The van der Waals surface area contributed by atoms with E-state index in [1.807, 2.05) is 12.1 Å². The molecule has 0 saturated carbocycles. The van der Waals surface area contributed by atoms with Gasteiger partial charge in [-0.1, -0.05) is 17.7 Å². The Bertz CT molecular complexity index is 468. The standard InChI is InChI=1S/C10H8ClNO/c1-6-8(13)5-7-3-2-4-12-10(7)9(6)11/h2-5,13H,1H3. The summed E-state index contributed by atoms with van der Waals surface area (Å²) in [6, 6.07) is 5.35. The molecule has 13 heavy (non-hydrogen) atoms. The van der Waals surface area contributed by atoms with Crippen LogP contribution in [0.25, 0.3) is 10.9 Å². The zero-order valence-corrected chi connectivity index (χ0v) is 7.84. The van der Waals surface area contributed by atoms with Crippen LogP contribution in [0.15, 0.2) is 24.4 Å². The van der Waals surface area contributed by atoms with Crippen molar-refractivity contribution in [2.24, 2.45) is 0 Å². The third-order valence-electron chi connectivity index (χ3n) is 2.05. The Morgan fingerprint density at radius 3 is 3.00 bits per heavy atom. The third-order valence-corrected chi connectivity index (χ3v) is 2.51. The van der Waals surface area contributed by atoms with Gasteiger partial charge in [0.1, 0.15) is 5.75 Å². The van der Waals surface area contributed by atoms with E-state index in [9.17, 15) is 5.11 Å². The Morgan fingerprint density at radius 2 is 2.23 bits per heavy atom. The first kappa shape index (κ1) is 8.32. The molecule has 2 nitrogen and oxygen atoms in total. The average Bonchev–Trinajstić information content (AvgIpc) is 2.15. The lowest BCUT2D eigenvalue weighted by Crippen LogP contribution is -1.83. The van der Waals surface area contributed by atoms with Crippen molar-refractivity contribution in [2.45, 2.75) is 6.92 Å². The van der Waals surface area contributed by atoms with Crippen LogP contribution < -0.4 is 0 Å². The first-order valence-electron chi connectivity index (χ1n) is 3.93. The summed E-state index contributed by atoms with van der Waals surface area (Å²) in [6.45, 7) is 1.77. The van der Waals surface area contributed by atoms with Gasteiger partial charge in [0.15, 0.2) is 0 Å². The lowest BCUT2D eigenvalue weighted by molar-refractivity contribution is 0.472. The molecule has 0 atom stereocenters. The minimum absolute atomic E-state index is 0.213. The molecular weight excluding hydrogens is 186 g/mol. The fraction of sp³-hybridized carbons (Fsp3) is 0.100. The van der Waals surface area contributed by atoms with E-state index in [0.29, 0.717) is 10.6 Å². The maximum atomic E-state index is 9.49. The number of hydrogen-bond donors (Lipinski definition) is 1. The molecule has 0 spiro atoms. The summed E-state index contributed by atoms with van der Waals surface area (Å²) in [5.74, 6) is 0.213. The van der Waals surface area contributed by atoms with Gasteiger partial charge in [-0.25, -0.2) is 0 Å². The van der Waals surface area contributed by atoms with Crippen molar-refractivity contribution < 1.29 is 5.11 Å². The summed E-state index contributed by atoms with van der Waals surface area (Å²) in [5, 5.41) is 10.9. The predicted molar refractivity (Wildman–Crippen MR) is 53.2 cm³/mol. The van der Waals surface area contributed by atoms with E-state index in [1.165, 1.54) is 0 Å². The topological polar surface area (TPSA) is 33.1 Å². The molecule has 0 bridgehead atoms. The number of aromatic nitrogens is 1. The summed E-state index contributed by atoms with van der Waals surface area (Å²) in [5.41, 5.74) is 1.41. The van der Waals surface area contributed by atoms with E-state index in [1.54, 1.807) is 19.2 Å². The molecule has 0 amide bonds. The van der Waals surface area contributed by atoms with Crippen LogP contribution >= 0.6 is 11.6 Å². The zero-order chi connectivity index (χ0) is 9.42. The van der Waals surface area contributed by atoms with Crippen LogP contribution in [0.1, 0.15) is 5.56 Å². The number of benzene rings is 1. The molecule has 1 aromatic carbocycles. The van der Waals surface area contributed by atoms with E-state index >= 15 is 0 Å². The van der Waals surface area contributed by atoms with E-state index in [4.69, 9.17) is 11.6 Å². The SMILES string of the molecule is Cc1c(O)cc2cccnc2c1Cl. The van der Waals surface area contributed by atoms with Crippen molar-refractivity contribution in [3.63, 3.8) is 0 Å². The van der Waals surface area contributed by atoms with Gasteiger partial charge in [0.25, 0.3) is 0 Å². The Labute approximate surface area is 80.8 Å². The van der Waals surface area contributed by atoms with Gasteiger partial charge < -0.3 is 5.11 Å². The number of nitrogens with zero attached hydrogens (tertiary/aromatic N) is 1. The molecule has 1 aromatic heterocycles. The average molecular weight is 194 g/mol. The molecule has 0 unspecified atom stereocenters. The number of phenols is 1. The summed E-state index contributed by atoms with van der Waals surface area (Å²) >= 11 is 6.01. The quantitative estimate of drug-likeness (QED) is 0.698.